The van der Waals surface area contributed by atoms with Crippen LogP contribution in [0.2, 0.25) is 0 Å². The fraction of sp³-hybridized carbons (Fsp3) is 0.0833. The Bertz CT molecular complexity index is 1140. The van der Waals surface area contributed by atoms with Crippen molar-refractivity contribution in [2.75, 3.05) is 18.1 Å². The first-order valence-corrected chi connectivity index (χ1v) is 9.46. The molecule has 6 heteroatoms. The Morgan fingerprint density at radius 1 is 0.933 bits per heavy atom. The van der Waals surface area contributed by atoms with E-state index in [1.165, 1.54) is 0 Å². The van der Waals surface area contributed by atoms with Gasteiger partial charge in [0.2, 0.25) is 5.90 Å². The van der Waals surface area contributed by atoms with Gasteiger partial charge in [-0.25, -0.2) is 9.98 Å². The second-order valence-electron chi connectivity index (χ2n) is 6.52. The van der Waals surface area contributed by atoms with Crippen LogP contribution in [0, 0.1) is 12.3 Å². The third kappa shape index (κ3) is 4.07. The summed E-state index contributed by atoms with van der Waals surface area (Å²) in [6.45, 7) is 1.28. The van der Waals surface area contributed by atoms with Crippen LogP contribution in [0.25, 0.3) is 5.69 Å². The van der Waals surface area contributed by atoms with E-state index in [4.69, 9.17) is 9.72 Å². The Labute approximate surface area is 189 Å². The minimum atomic E-state index is 0. The zero-order valence-electron chi connectivity index (χ0n) is 16.0. The van der Waals surface area contributed by atoms with Gasteiger partial charge in [0.1, 0.15) is 18.1 Å². The molecule has 30 heavy (non-hydrogen) atoms. The molecule has 1 aliphatic heterocycles. The smallest absolute Gasteiger partial charge is 0.474 e. The van der Waals surface area contributed by atoms with E-state index in [2.05, 4.69) is 34.3 Å². The molecular formula is C24H18N4OPt. The first-order chi connectivity index (χ1) is 14.4. The van der Waals surface area contributed by atoms with Crippen LogP contribution in [0.1, 0.15) is 5.69 Å². The Morgan fingerprint density at radius 2 is 1.80 bits per heavy atom. The van der Waals surface area contributed by atoms with E-state index < -0.39 is 0 Å². The third-order valence-corrected chi connectivity index (χ3v) is 4.59. The van der Waals surface area contributed by atoms with Gasteiger partial charge in [-0.1, -0.05) is 36.1 Å². The van der Waals surface area contributed by atoms with Crippen LogP contribution in [0.3, 0.4) is 0 Å². The summed E-state index contributed by atoms with van der Waals surface area (Å²) < 4.78 is 7.52. The van der Waals surface area contributed by atoms with E-state index in [-0.39, 0.29) is 21.1 Å². The third-order valence-electron chi connectivity index (χ3n) is 4.59. The minimum absolute atomic E-state index is 0. The molecule has 1 aliphatic rings. The molecule has 5 rings (SSSR count). The molecule has 0 aliphatic carbocycles. The fourth-order valence-electron chi connectivity index (χ4n) is 3.29. The zero-order chi connectivity index (χ0) is 19.5. The number of rotatable bonds is 5. The van der Waals surface area contributed by atoms with E-state index in [1.807, 2.05) is 77.5 Å². The normalized spacial score (nSPS) is 12.6. The van der Waals surface area contributed by atoms with E-state index >= 15 is 0 Å². The summed E-state index contributed by atoms with van der Waals surface area (Å²) in [4.78, 5) is 11.3. The molecule has 0 atom stereocenters. The second-order valence-corrected chi connectivity index (χ2v) is 6.52. The fourth-order valence-corrected chi connectivity index (χ4v) is 3.29. The molecule has 0 N–H and O–H groups in total. The first-order valence-electron chi connectivity index (χ1n) is 9.46. The first kappa shape index (κ1) is 20.1. The molecule has 0 radical (unpaired) electrons. The summed E-state index contributed by atoms with van der Waals surface area (Å²) in [7, 11) is 0. The average Bonchev–Trinajstić information content (AvgIpc) is 3.50. The van der Waals surface area contributed by atoms with E-state index in [9.17, 15) is 0 Å². The van der Waals surface area contributed by atoms with Gasteiger partial charge in [-0.05, 0) is 24.3 Å². The predicted octanol–water partition coefficient (Wildman–Crippen LogP) is 4.72. The van der Waals surface area contributed by atoms with E-state index in [1.54, 1.807) is 0 Å². The van der Waals surface area contributed by atoms with Gasteiger partial charge < -0.3 is 14.2 Å². The number of hydrogen-bond acceptors (Lipinski definition) is 4. The molecule has 3 heterocycles. The second kappa shape index (κ2) is 9.10. The van der Waals surface area contributed by atoms with Gasteiger partial charge in [0.15, 0.2) is 0 Å². The molecule has 4 aromatic rings. The zero-order valence-corrected chi connectivity index (χ0v) is 18.3. The molecule has 0 saturated carbocycles. The number of benzene rings is 2. The van der Waals surface area contributed by atoms with Crippen molar-refractivity contribution < 1.29 is 25.8 Å². The Kier molecular flexibility index (Phi) is 6.10. The van der Waals surface area contributed by atoms with Crippen molar-refractivity contribution in [3.63, 3.8) is 0 Å². The quantitative estimate of drug-likeness (QED) is 0.325. The molecule has 2 aromatic carbocycles. The number of nitrogens with zero attached hydrogens (tertiary/aromatic N) is 4. The molecule has 2 aromatic heterocycles. The summed E-state index contributed by atoms with van der Waals surface area (Å²) in [6.07, 6.45) is 5.12. The number of ether oxygens (including phenoxy) is 1. The molecule has 0 saturated heterocycles. The largest absolute Gasteiger partial charge is 2.00 e. The molecule has 150 valence electrons. The maximum atomic E-state index is 5.61. The molecule has 0 amide bonds. The SMILES string of the molecule is [Pt+2].[c-]1c(N(c2ccccc2)c2cccc(C3=NCCO3)n2)cccc1-n1[c-]ccc1. The summed E-state index contributed by atoms with van der Waals surface area (Å²) >= 11 is 0. The van der Waals surface area contributed by atoms with Crippen molar-refractivity contribution in [2.45, 2.75) is 0 Å². The summed E-state index contributed by atoms with van der Waals surface area (Å²) in [5, 5.41) is 0. The van der Waals surface area contributed by atoms with Crippen LogP contribution in [0.5, 0.6) is 0 Å². The number of hydrogen-bond donors (Lipinski definition) is 0. The Morgan fingerprint density at radius 3 is 2.57 bits per heavy atom. The predicted molar refractivity (Wildman–Crippen MR) is 113 cm³/mol. The van der Waals surface area contributed by atoms with Crippen LogP contribution in [-0.4, -0.2) is 28.6 Å². The van der Waals surface area contributed by atoms with Gasteiger partial charge in [0.25, 0.3) is 0 Å². The Balaban J connectivity index is 0.00000218. The molecule has 0 unspecified atom stereocenters. The van der Waals surface area contributed by atoms with Crippen LogP contribution in [-0.2, 0) is 25.8 Å². The maximum Gasteiger partial charge on any atom is 2.00 e. The van der Waals surface area contributed by atoms with Crippen molar-refractivity contribution in [3.05, 3.63) is 103 Å². The topological polar surface area (TPSA) is 42.6 Å². The van der Waals surface area contributed by atoms with Crippen LogP contribution in [0.15, 0.2) is 90.1 Å². The number of para-hydroxylation sites is 1. The number of anilines is 3. The van der Waals surface area contributed by atoms with Gasteiger partial charge in [0.05, 0.1) is 6.54 Å². The van der Waals surface area contributed by atoms with Crippen LogP contribution >= 0.6 is 0 Å². The van der Waals surface area contributed by atoms with Crippen LogP contribution < -0.4 is 4.90 Å². The number of pyridine rings is 1. The summed E-state index contributed by atoms with van der Waals surface area (Å²) in [5.74, 6) is 1.37. The van der Waals surface area contributed by atoms with Gasteiger partial charge >= 0.3 is 21.1 Å². The molecule has 0 bridgehead atoms. The van der Waals surface area contributed by atoms with Crippen molar-refractivity contribution in [1.29, 1.82) is 0 Å². The molecule has 0 fully saturated rings. The van der Waals surface area contributed by atoms with Crippen molar-refractivity contribution in [2.24, 2.45) is 4.99 Å². The van der Waals surface area contributed by atoms with Crippen LogP contribution in [0.4, 0.5) is 17.2 Å². The summed E-state index contributed by atoms with van der Waals surface area (Å²) in [6, 6.07) is 29.4. The van der Waals surface area contributed by atoms with Gasteiger partial charge in [0, 0.05) is 5.69 Å². The van der Waals surface area contributed by atoms with Crippen molar-refractivity contribution in [3.8, 4) is 5.69 Å². The standard InChI is InChI=1S/C24H18N4O.Pt/c1-2-8-19(9-3-1)28(21-11-6-10-20(18-21)27-15-4-5-16-27)23-13-7-12-22(26-23)24-25-14-17-29-24;/h1-13,15H,14,17H2;/q-2;+2. The van der Waals surface area contributed by atoms with Gasteiger partial charge in [-0.2, -0.15) is 30.0 Å². The molecule has 0 spiro atoms. The van der Waals surface area contributed by atoms with Gasteiger partial charge in [-0.3, -0.25) is 0 Å². The maximum absolute atomic E-state index is 5.61. The van der Waals surface area contributed by atoms with E-state index in [0.717, 1.165) is 28.6 Å². The molecule has 5 nitrogen and oxygen atoms in total. The van der Waals surface area contributed by atoms with Crippen molar-refractivity contribution >= 4 is 23.1 Å². The summed E-state index contributed by atoms with van der Waals surface area (Å²) in [5.41, 5.74) is 3.52. The monoisotopic (exact) mass is 573 g/mol. The number of aromatic nitrogens is 2. The number of aliphatic imine (C=N–C) groups is 1. The Hall–Kier alpha value is -3.17. The van der Waals surface area contributed by atoms with Crippen molar-refractivity contribution in [1.82, 2.24) is 9.55 Å². The molecular weight excluding hydrogens is 555 g/mol. The van der Waals surface area contributed by atoms with Gasteiger partial charge in [-0.15, -0.1) is 18.3 Å². The minimum Gasteiger partial charge on any atom is -0.474 e. The average molecular weight is 574 g/mol. The van der Waals surface area contributed by atoms with E-state index in [0.29, 0.717) is 19.0 Å².